The lowest BCUT2D eigenvalue weighted by molar-refractivity contribution is 0.712. The van der Waals surface area contributed by atoms with E-state index in [-0.39, 0.29) is 12.1 Å². The zero-order chi connectivity index (χ0) is 16.6. The maximum atomic E-state index is 13.0. The van der Waals surface area contributed by atoms with Crippen molar-refractivity contribution in [3.05, 3.63) is 49.8 Å². The summed E-state index contributed by atoms with van der Waals surface area (Å²) in [5, 5.41) is 0.669. The zero-order valence-electron chi connectivity index (χ0n) is 12.9. The summed E-state index contributed by atoms with van der Waals surface area (Å²) in [4.78, 5) is 19.5. The van der Waals surface area contributed by atoms with Gasteiger partial charge < -0.3 is 0 Å². The van der Waals surface area contributed by atoms with Crippen molar-refractivity contribution < 1.29 is 0 Å². The minimum absolute atomic E-state index is 0.0490. The van der Waals surface area contributed by atoms with Gasteiger partial charge in [-0.1, -0.05) is 40.9 Å². The van der Waals surface area contributed by atoms with Crippen molar-refractivity contribution in [3.8, 4) is 23.5 Å². The van der Waals surface area contributed by atoms with Crippen LogP contribution in [0.25, 0.3) is 21.3 Å². The minimum Gasteiger partial charge on any atom is -0.284 e. The number of halogens is 1. The molecule has 0 fully saturated rings. The summed E-state index contributed by atoms with van der Waals surface area (Å²) in [5.74, 6) is 3.30. The maximum Gasteiger partial charge on any atom is 0.263 e. The Bertz CT molecular complexity index is 977. The lowest BCUT2D eigenvalue weighted by atomic mass is 10.0. The summed E-state index contributed by atoms with van der Waals surface area (Å²) in [6.45, 7) is 4.26. The second-order valence-corrected chi connectivity index (χ2v) is 7.32. The van der Waals surface area contributed by atoms with Gasteiger partial charge in [0.05, 0.1) is 11.9 Å². The molecule has 3 rings (SSSR count). The average molecular weight is 387 g/mol. The molecule has 5 heteroatoms. The summed E-state index contributed by atoms with van der Waals surface area (Å²) in [5.41, 5.74) is 1.93. The lowest BCUT2D eigenvalue weighted by Gasteiger charge is -2.09. The number of terminal acetylenes is 1. The van der Waals surface area contributed by atoms with E-state index in [1.807, 2.05) is 38.1 Å². The third-order valence-electron chi connectivity index (χ3n) is 3.77. The molecule has 2 aromatic heterocycles. The molecule has 0 spiro atoms. The van der Waals surface area contributed by atoms with E-state index in [0.29, 0.717) is 11.8 Å². The number of aromatic nitrogens is 2. The van der Waals surface area contributed by atoms with Crippen LogP contribution in [0.15, 0.2) is 33.5 Å². The average Bonchev–Trinajstić information content (AvgIpc) is 2.87. The van der Waals surface area contributed by atoms with Crippen molar-refractivity contribution in [2.45, 2.75) is 26.8 Å². The molecule has 0 N–H and O–H groups in total. The summed E-state index contributed by atoms with van der Waals surface area (Å²) >= 11 is 5.01. The second kappa shape index (κ2) is 6.31. The number of hydrogen-bond acceptors (Lipinski definition) is 3. The highest BCUT2D eigenvalue weighted by Gasteiger charge is 2.18. The number of nitrogens with zero attached hydrogens (tertiary/aromatic N) is 2. The molecule has 0 bridgehead atoms. The quantitative estimate of drug-likeness (QED) is 0.625. The van der Waals surface area contributed by atoms with E-state index in [1.165, 1.54) is 0 Å². The molecule has 2 heterocycles. The summed E-state index contributed by atoms with van der Waals surface area (Å²) in [7, 11) is 0. The van der Waals surface area contributed by atoms with Crippen molar-refractivity contribution in [1.29, 1.82) is 0 Å². The molecule has 3 aromatic rings. The van der Waals surface area contributed by atoms with Crippen molar-refractivity contribution in [1.82, 2.24) is 9.55 Å². The predicted molar refractivity (Wildman–Crippen MR) is 100.0 cm³/mol. The van der Waals surface area contributed by atoms with Crippen LogP contribution in [0.1, 0.15) is 17.6 Å². The Balaban J connectivity index is 2.38. The van der Waals surface area contributed by atoms with E-state index in [0.717, 1.165) is 31.1 Å². The number of hydrogen-bond donors (Lipinski definition) is 0. The molecule has 116 valence electrons. The first-order chi connectivity index (χ1) is 11.1. The Morgan fingerprint density at radius 3 is 2.65 bits per heavy atom. The summed E-state index contributed by atoms with van der Waals surface area (Å²) in [6, 6.07) is 7.98. The van der Waals surface area contributed by atoms with Gasteiger partial charge in [-0.2, -0.15) is 0 Å². The van der Waals surface area contributed by atoms with Gasteiger partial charge in [-0.3, -0.25) is 9.36 Å². The van der Waals surface area contributed by atoms with E-state index in [2.05, 4.69) is 26.8 Å². The second-order valence-electron chi connectivity index (χ2n) is 5.20. The van der Waals surface area contributed by atoms with Gasteiger partial charge in [0, 0.05) is 21.3 Å². The number of rotatable bonds is 3. The Morgan fingerprint density at radius 1 is 1.35 bits per heavy atom. The Kier molecular flexibility index (Phi) is 4.38. The third kappa shape index (κ3) is 2.73. The van der Waals surface area contributed by atoms with Gasteiger partial charge >= 0.3 is 0 Å². The van der Waals surface area contributed by atoms with Crippen LogP contribution in [0.4, 0.5) is 0 Å². The largest absolute Gasteiger partial charge is 0.284 e. The minimum atomic E-state index is -0.0490. The molecule has 0 saturated heterocycles. The number of thiophene rings is 1. The van der Waals surface area contributed by atoms with Crippen molar-refractivity contribution in [3.63, 3.8) is 0 Å². The fourth-order valence-corrected chi connectivity index (χ4v) is 4.04. The maximum absolute atomic E-state index is 13.0. The fourth-order valence-electron chi connectivity index (χ4n) is 2.73. The predicted octanol–water partition coefficient (Wildman–Crippen LogP) is 4.39. The highest BCUT2D eigenvalue weighted by molar-refractivity contribution is 9.10. The standard InChI is InChI=1S/C18H15BrN2OS/c1-4-10-21-14(5-2)20-17-16(18(21)22)15(11(3)23-17)12-6-8-13(19)9-7-12/h1,6-9H,5,10H2,2-3H3. The van der Waals surface area contributed by atoms with Gasteiger partial charge in [-0.25, -0.2) is 4.98 Å². The fraction of sp³-hybridized carbons (Fsp3) is 0.222. The molecule has 0 unspecified atom stereocenters. The van der Waals surface area contributed by atoms with Crippen LogP contribution in [0, 0.1) is 19.3 Å². The van der Waals surface area contributed by atoms with Gasteiger partial charge in [0.25, 0.3) is 5.56 Å². The summed E-state index contributed by atoms with van der Waals surface area (Å²) in [6.07, 6.45) is 6.11. The molecule has 0 aliphatic carbocycles. The van der Waals surface area contributed by atoms with Gasteiger partial charge in [0.1, 0.15) is 10.7 Å². The van der Waals surface area contributed by atoms with Crippen LogP contribution in [-0.2, 0) is 13.0 Å². The van der Waals surface area contributed by atoms with Crippen molar-refractivity contribution in [2.75, 3.05) is 0 Å². The molecule has 0 aliphatic rings. The first-order valence-electron chi connectivity index (χ1n) is 7.29. The van der Waals surface area contributed by atoms with E-state index in [9.17, 15) is 4.79 Å². The number of benzene rings is 1. The first kappa shape index (κ1) is 16.0. The summed E-state index contributed by atoms with van der Waals surface area (Å²) < 4.78 is 2.62. The molecule has 0 saturated carbocycles. The molecule has 0 aliphatic heterocycles. The number of fused-ring (bicyclic) bond motifs is 1. The van der Waals surface area contributed by atoms with Crippen LogP contribution >= 0.6 is 27.3 Å². The van der Waals surface area contributed by atoms with Crippen LogP contribution in [0.3, 0.4) is 0 Å². The topological polar surface area (TPSA) is 34.9 Å². The van der Waals surface area contributed by atoms with Gasteiger partial charge in [-0.05, 0) is 24.6 Å². The highest BCUT2D eigenvalue weighted by atomic mass is 79.9. The molecule has 3 nitrogen and oxygen atoms in total. The zero-order valence-corrected chi connectivity index (χ0v) is 15.3. The molecule has 23 heavy (non-hydrogen) atoms. The van der Waals surface area contributed by atoms with Crippen LogP contribution < -0.4 is 5.56 Å². The van der Waals surface area contributed by atoms with Crippen LogP contribution in [-0.4, -0.2) is 9.55 Å². The monoisotopic (exact) mass is 386 g/mol. The van der Waals surface area contributed by atoms with Crippen molar-refractivity contribution >= 4 is 37.5 Å². The molecular weight excluding hydrogens is 372 g/mol. The van der Waals surface area contributed by atoms with Gasteiger partial charge in [-0.15, -0.1) is 17.8 Å². The third-order valence-corrected chi connectivity index (χ3v) is 5.29. The molecule has 0 radical (unpaired) electrons. The molecule has 1 aromatic carbocycles. The Hall–Kier alpha value is -1.90. The molecular formula is C18H15BrN2OS. The normalized spacial score (nSPS) is 10.9. The van der Waals surface area contributed by atoms with Gasteiger partial charge in [0.2, 0.25) is 0 Å². The smallest absolute Gasteiger partial charge is 0.263 e. The van der Waals surface area contributed by atoms with Gasteiger partial charge in [0.15, 0.2) is 0 Å². The number of aryl methyl sites for hydroxylation is 2. The first-order valence-corrected chi connectivity index (χ1v) is 8.90. The van der Waals surface area contributed by atoms with Crippen molar-refractivity contribution in [2.24, 2.45) is 0 Å². The SMILES string of the molecule is C#CCn1c(CC)nc2sc(C)c(-c3ccc(Br)cc3)c2c1=O. The molecule has 0 atom stereocenters. The lowest BCUT2D eigenvalue weighted by Crippen LogP contribution is -2.24. The Labute approximate surface area is 147 Å². The van der Waals surface area contributed by atoms with E-state index in [1.54, 1.807) is 15.9 Å². The highest BCUT2D eigenvalue weighted by Crippen LogP contribution is 2.36. The van der Waals surface area contributed by atoms with E-state index in [4.69, 9.17) is 6.42 Å². The van der Waals surface area contributed by atoms with Crippen LogP contribution in [0.2, 0.25) is 0 Å². The Morgan fingerprint density at radius 2 is 2.04 bits per heavy atom. The van der Waals surface area contributed by atoms with E-state index >= 15 is 0 Å². The molecule has 0 amide bonds. The van der Waals surface area contributed by atoms with E-state index < -0.39 is 0 Å². The van der Waals surface area contributed by atoms with Crippen LogP contribution in [0.5, 0.6) is 0 Å².